The zero-order chi connectivity index (χ0) is 13.3. The molecule has 2 aromatic heterocycles. The highest BCUT2D eigenvalue weighted by atomic mass is 32.1. The van der Waals surface area contributed by atoms with Crippen molar-refractivity contribution in [2.45, 2.75) is 46.6 Å². The minimum Gasteiger partial charge on any atom is -0.328 e. The van der Waals surface area contributed by atoms with Crippen LogP contribution < -0.4 is 0 Å². The van der Waals surface area contributed by atoms with E-state index in [4.69, 9.17) is 12.2 Å². The van der Waals surface area contributed by atoms with Crippen LogP contribution in [0, 0.1) is 10.7 Å². The Morgan fingerprint density at radius 1 is 1.39 bits per heavy atom. The molecular weight excluding hydrogens is 244 g/mol. The average Bonchev–Trinajstić information content (AvgIpc) is 2.80. The van der Waals surface area contributed by atoms with Crippen molar-refractivity contribution in [3.63, 3.8) is 0 Å². The monoisotopic (exact) mass is 266 g/mol. The number of nitrogens with one attached hydrogen (secondary N) is 1. The molecule has 0 saturated carbocycles. The van der Waals surface area contributed by atoms with Gasteiger partial charge in [0.05, 0.1) is 5.69 Å². The number of rotatable bonds is 5. The summed E-state index contributed by atoms with van der Waals surface area (Å²) in [6.45, 7) is 7.60. The molecule has 5 heteroatoms. The third-order valence-corrected chi connectivity index (χ3v) is 3.82. The van der Waals surface area contributed by atoms with Gasteiger partial charge in [-0.1, -0.05) is 33.6 Å². The number of H-pyrrole nitrogens is 1. The zero-order valence-electron chi connectivity index (χ0n) is 11.7. The largest absolute Gasteiger partial charge is 0.328 e. The second kappa shape index (κ2) is 5.26. The number of fused-ring (bicyclic) bond motifs is 1. The smallest absolute Gasteiger partial charge is 0.179 e. The molecule has 0 aliphatic heterocycles. The number of aryl methyl sites for hydroxylation is 2. The molecule has 0 aliphatic carbocycles. The maximum absolute atomic E-state index is 5.44. The number of hydrogen-bond acceptors (Lipinski definition) is 2. The van der Waals surface area contributed by atoms with E-state index in [9.17, 15) is 0 Å². The SMILES string of the molecule is CCCc1nn(C)c2c1[nH]c(=S)n2CC(C)CC. The van der Waals surface area contributed by atoms with Gasteiger partial charge in [-0.2, -0.15) is 5.10 Å². The lowest BCUT2D eigenvalue weighted by atomic mass is 10.1. The molecule has 2 heterocycles. The first-order chi connectivity index (χ1) is 8.58. The van der Waals surface area contributed by atoms with Gasteiger partial charge in [0, 0.05) is 13.6 Å². The van der Waals surface area contributed by atoms with Crippen LogP contribution in [0.15, 0.2) is 0 Å². The van der Waals surface area contributed by atoms with Gasteiger partial charge in [-0.15, -0.1) is 0 Å². The van der Waals surface area contributed by atoms with Crippen LogP contribution in [0.25, 0.3) is 11.2 Å². The van der Waals surface area contributed by atoms with Crippen LogP contribution in [0.4, 0.5) is 0 Å². The number of hydrogen-bond donors (Lipinski definition) is 1. The maximum Gasteiger partial charge on any atom is 0.179 e. The van der Waals surface area contributed by atoms with Gasteiger partial charge in [-0.25, -0.2) is 0 Å². The summed E-state index contributed by atoms with van der Waals surface area (Å²) < 4.78 is 4.95. The van der Waals surface area contributed by atoms with E-state index < -0.39 is 0 Å². The Hall–Kier alpha value is -1.10. The summed E-state index contributed by atoms with van der Waals surface area (Å²) in [5, 5.41) is 4.59. The average molecular weight is 266 g/mol. The second-order valence-electron chi connectivity index (χ2n) is 5.07. The van der Waals surface area contributed by atoms with E-state index in [0.717, 1.165) is 47.4 Å². The fourth-order valence-electron chi connectivity index (χ4n) is 2.30. The highest BCUT2D eigenvalue weighted by Gasteiger charge is 2.15. The highest BCUT2D eigenvalue weighted by molar-refractivity contribution is 7.71. The van der Waals surface area contributed by atoms with E-state index in [1.165, 1.54) is 0 Å². The van der Waals surface area contributed by atoms with Gasteiger partial charge < -0.3 is 9.55 Å². The fraction of sp³-hybridized carbons (Fsp3) is 0.692. The summed E-state index contributed by atoms with van der Waals surface area (Å²) >= 11 is 5.44. The molecule has 1 unspecified atom stereocenters. The Morgan fingerprint density at radius 3 is 2.72 bits per heavy atom. The predicted molar refractivity (Wildman–Crippen MR) is 77.3 cm³/mol. The predicted octanol–water partition coefficient (Wildman–Crippen LogP) is 3.43. The van der Waals surface area contributed by atoms with Gasteiger partial charge in [-0.3, -0.25) is 4.68 Å². The lowest BCUT2D eigenvalue weighted by molar-refractivity contribution is 0.467. The van der Waals surface area contributed by atoms with Crippen molar-refractivity contribution in [3.05, 3.63) is 10.5 Å². The number of aromatic amines is 1. The quantitative estimate of drug-likeness (QED) is 0.842. The summed E-state index contributed by atoms with van der Waals surface area (Å²) in [5.74, 6) is 0.625. The van der Waals surface area contributed by atoms with Crippen molar-refractivity contribution >= 4 is 23.4 Å². The first-order valence-corrected chi connectivity index (χ1v) is 7.13. The Labute approximate surface area is 113 Å². The minimum absolute atomic E-state index is 0.625. The summed E-state index contributed by atoms with van der Waals surface area (Å²) in [6, 6.07) is 0. The first kappa shape index (κ1) is 13.3. The molecule has 1 atom stereocenters. The molecule has 18 heavy (non-hydrogen) atoms. The van der Waals surface area contributed by atoms with Crippen LogP contribution in [0.2, 0.25) is 0 Å². The normalized spacial score (nSPS) is 13.3. The highest BCUT2D eigenvalue weighted by Crippen LogP contribution is 2.20. The molecule has 100 valence electrons. The molecule has 0 amide bonds. The van der Waals surface area contributed by atoms with E-state index in [0.29, 0.717) is 5.92 Å². The van der Waals surface area contributed by atoms with Gasteiger partial charge in [-0.05, 0) is 24.6 Å². The van der Waals surface area contributed by atoms with Gasteiger partial charge in [0.25, 0.3) is 0 Å². The molecule has 0 aliphatic rings. The van der Waals surface area contributed by atoms with Crippen molar-refractivity contribution in [1.29, 1.82) is 0 Å². The van der Waals surface area contributed by atoms with Gasteiger partial charge in [0.2, 0.25) is 0 Å². The van der Waals surface area contributed by atoms with Crippen LogP contribution in [0.5, 0.6) is 0 Å². The molecule has 2 aromatic rings. The standard InChI is InChI=1S/C13H22N4S/c1-5-7-10-11-12(16(4)15-10)17(13(18)14-11)8-9(3)6-2/h9H,5-8H2,1-4H3,(H,14,18). The van der Waals surface area contributed by atoms with E-state index in [1.54, 1.807) is 0 Å². The number of aromatic nitrogens is 4. The molecule has 1 N–H and O–H groups in total. The van der Waals surface area contributed by atoms with E-state index >= 15 is 0 Å². The second-order valence-corrected chi connectivity index (χ2v) is 5.46. The Kier molecular flexibility index (Phi) is 3.90. The van der Waals surface area contributed by atoms with Crippen LogP contribution >= 0.6 is 12.2 Å². The lowest BCUT2D eigenvalue weighted by Crippen LogP contribution is -2.09. The summed E-state index contributed by atoms with van der Waals surface area (Å²) in [7, 11) is 2.00. The zero-order valence-corrected chi connectivity index (χ0v) is 12.5. The van der Waals surface area contributed by atoms with Crippen LogP contribution in [0.1, 0.15) is 39.3 Å². The number of imidazole rings is 1. The van der Waals surface area contributed by atoms with Crippen LogP contribution in [-0.4, -0.2) is 19.3 Å². The first-order valence-electron chi connectivity index (χ1n) is 6.72. The summed E-state index contributed by atoms with van der Waals surface area (Å²) in [6.07, 6.45) is 3.26. The van der Waals surface area contributed by atoms with Crippen molar-refractivity contribution in [2.24, 2.45) is 13.0 Å². The van der Waals surface area contributed by atoms with Gasteiger partial charge in [0.1, 0.15) is 5.52 Å². The Balaban J connectivity index is 2.53. The van der Waals surface area contributed by atoms with Crippen LogP contribution in [-0.2, 0) is 20.0 Å². The van der Waals surface area contributed by atoms with Crippen molar-refractivity contribution in [1.82, 2.24) is 19.3 Å². The van der Waals surface area contributed by atoms with Gasteiger partial charge in [0.15, 0.2) is 10.4 Å². The third kappa shape index (κ3) is 2.23. The molecule has 0 fully saturated rings. The Morgan fingerprint density at radius 2 is 2.11 bits per heavy atom. The topological polar surface area (TPSA) is 38.5 Å². The molecule has 0 saturated heterocycles. The van der Waals surface area contributed by atoms with Crippen molar-refractivity contribution in [2.75, 3.05) is 0 Å². The molecule has 2 rings (SSSR count). The third-order valence-electron chi connectivity index (χ3n) is 3.50. The van der Waals surface area contributed by atoms with Crippen LogP contribution in [0.3, 0.4) is 0 Å². The van der Waals surface area contributed by atoms with E-state index in [2.05, 4.69) is 35.4 Å². The summed E-state index contributed by atoms with van der Waals surface area (Å²) in [5.41, 5.74) is 3.38. The number of nitrogens with zero attached hydrogens (tertiary/aromatic N) is 3. The fourth-order valence-corrected chi connectivity index (χ4v) is 2.56. The lowest BCUT2D eigenvalue weighted by Gasteiger charge is -2.10. The van der Waals surface area contributed by atoms with E-state index in [1.807, 2.05) is 11.7 Å². The maximum atomic E-state index is 5.44. The Bertz CT molecular complexity index is 590. The van der Waals surface area contributed by atoms with Crippen molar-refractivity contribution < 1.29 is 0 Å². The minimum atomic E-state index is 0.625. The molecule has 0 spiro atoms. The molecule has 0 bridgehead atoms. The summed E-state index contributed by atoms with van der Waals surface area (Å²) in [4.78, 5) is 3.33. The molecule has 0 radical (unpaired) electrons. The van der Waals surface area contributed by atoms with Gasteiger partial charge >= 0.3 is 0 Å². The molecular formula is C13H22N4S. The van der Waals surface area contributed by atoms with Crippen molar-refractivity contribution in [3.8, 4) is 0 Å². The molecule has 4 nitrogen and oxygen atoms in total. The van der Waals surface area contributed by atoms with E-state index in [-0.39, 0.29) is 0 Å². The molecule has 0 aromatic carbocycles.